The van der Waals surface area contributed by atoms with Crippen molar-refractivity contribution in [1.82, 2.24) is 4.57 Å². The molecule has 3 aromatic carbocycles. The van der Waals surface area contributed by atoms with Gasteiger partial charge in [0.05, 0.1) is 16.8 Å². The van der Waals surface area contributed by atoms with Gasteiger partial charge >= 0.3 is 5.97 Å². The van der Waals surface area contributed by atoms with Crippen LogP contribution in [0.4, 0.5) is 0 Å². The highest BCUT2D eigenvalue weighted by Gasteiger charge is 2.22. The van der Waals surface area contributed by atoms with Crippen LogP contribution in [-0.4, -0.2) is 10.5 Å². The Kier molecular flexibility index (Phi) is 4.58. The van der Waals surface area contributed by atoms with Crippen molar-refractivity contribution >= 4 is 16.9 Å². The maximum Gasteiger partial charge on any atom is 0.343 e. The van der Waals surface area contributed by atoms with Crippen molar-refractivity contribution in [2.75, 3.05) is 0 Å². The number of allylic oxidation sites excluding steroid dienone is 1. The van der Waals surface area contributed by atoms with Gasteiger partial charge in [0.25, 0.3) is 0 Å². The quantitative estimate of drug-likeness (QED) is 0.340. The largest absolute Gasteiger partial charge is 0.420 e. The third-order valence-corrected chi connectivity index (χ3v) is 4.49. The lowest BCUT2D eigenvalue weighted by Crippen LogP contribution is -2.09. The molecule has 0 radical (unpaired) electrons. The summed E-state index contributed by atoms with van der Waals surface area (Å²) in [5.74, 6) is 0.210. The zero-order chi connectivity index (χ0) is 18.6. The van der Waals surface area contributed by atoms with E-state index < -0.39 is 0 Å². The third-order valence-electron chi connectivity index (χ3n) is 4.49. The smallest absolute Gasteiger partial charge is 0.343 e. The van der Waals surface area contributed by atoms with Crippen LogP contribution < -0.4 is 4.74 Å². The van der Waals surface area contributed by atoms with Gasteiger partial charge in [-0.3, -0.25) is 0 Å². The Morgan fingerprint density at radius 1 is 0.889 bits per heavy atom. The van der Waals surface area contributed by atoms with Crippen LogP contribution in [0.2, 0.25) is 0 Å². The van der Waals surface area contributed by atoms with Crippen LogP contribution in [0.25, 0.3) is 22.2 Å². The van der Waals surface area contributed by atoms with Crippen LogP contribution in [0.1, 0.15) is 10.4 Å². The van der Waals surface area contributed by atoms with Gasteiger partial charge in [-0.25, -0.2) is 4.79 Å². The van der Waals surface area contributed by atoms with Crippen LogP contribution in [0.5, 0.6) is 5.75 Å². The average Bonchev–Trinajstić information content (AvgIpc) is 3.03. The topological polar surface area (TPSA) is 31.2 Å². The fourth-order valence-electron chi connectivity index (χ4n) is 3.30. The van der Waals surface area contributed by atoms with Crippen LogP contribution in [-0.2, 0) is 6.54 Å². The van der Waals surface area contributed by atoms with Gasteiger partial charge in [-0.2, -0.15) is 0 Å². The summed E-state index contributed by atoms with van der Waals surface area (Å²) in [6.07, 6.45) is 1.85. The van der Waals surface area contributed by atoms with Crippen molar-refractivity contribution in [3.05, 3.63) is 103 Å². The van der Waals surface area contributed by atoms with Gasteiger partial charge in [-0.15, -0.1) is 6.58 Å². The van der Waals surface area contributed by atoms with E-state index in [2.05, 4.69) is 11.1 Å². The summed E-state index contributed by atoms with van der Waals surface area (Å²) < 4.78 is 8.06. The fourth-order valence-corrected chi connectivity index (χ4v) is 3.30. The standard InChI is InChI=1S/C24H19NO2/c1-2-17-25-21-16-10-9-15-20(21)23(22(25)18-11-5-3-6-12-18)27-24(26)19-13-7-4-8-14-19/h2-16H,1,17H2. The summed E-state index contributed by atoms with van der Waals surface area (Å²) >= 11 is 0. The van der Waals surface area contributed by atoms with Crippen molar-refractivity contribution in [1.29, 1.82) is 0 Å². The predicted octanol–water partition coefficient (Wildman–Crippen LogP) is 5.71. The molecular weight excluding hydrogens is 334 g/mol. The van der Waals surface area contributed by atoms with Crippen LogP contribution in [0.15, 0.2) is 97.6 Å². The van der Waals surface area contributed by atoms with E-state index in [1.54, 1.807) is 12.1 Å². The summed E-state index contributed by atoms with van der Waals surface area (Å²) in [6, 6.07) is 27.0. The molecule has 0 aliphatic carbocycles. The highest BCUT2D eigenvalue weighted by molar-refractivity contribution is 6.00. The van der Waals surface area contributed by atoms with Crippen LogP contribution >= 0.6 is 0 Å². The molecule has 0 spiro atoms. The van der Waals surface area contributed by atoms with Crippen molar-refractivity contribution in [3.63, 3.8) is 0 Å². The molecule has 0 atom stereocenters. The third kappa shape index (κ3) is 3.15. The summed E-state index contributed by atoms with van der Waals surface area (Å²) in [6.45, 7) is 4.51. The molecule has 0 aliphatic rings. The van der Waals surface area contributed by atoms with E-state index in [1.807, 2.05) is 78.9 Å². The Hall–Kier alpha value is -3.59. The molecule has 27 heavy (non-hydrogen) atoms. The molecule has 1 heterocycles. The Balaban J connectivity index is 1.93. The Bertz CT molecular complexity index is 1100. The molecule has 0 saturated carbocycles. The van der Waals surface area contributed by atoms with E-state index in [-0.39, 0.29) is 5.97 Å². The first-order valence-corrected chi connectivity index (χ1v) is 8.84. The number of hydrogen-bond donors (Lipinski definition) is 0. The Morgan fingerprint density at radius 2 is 1.52 bits per heavy atom. The molecule has 0 N–H and O–H groups in total. The van der Waals surface area contributed by atoms with Gasteiger partial charge in [-0.1, -0.05) is 66.7 Å². The maximum atomic E-state index is 12.8. The zero-order valence-electron chi connectivity index (χ0n) is 14.8. The monoisotopic (exact) mass is 353 g/mol. The first-order valence-electron chi connectivity index (χ1n) is 8.84. The molecule has 0 saturated heterocycles. The Labute approximate surface area is 158 Å². The van der Waals surface area contributed by atoms with E-state index in [9.17, 15) is 4.79 Å². The number of rotatable bonds is 5. The van der Waals surface area contributed by atoms with Crippen LogP contribution in [0, 0.1) is 0 Å². The van der Waals surface area contributed by atoms with Gasteiger partial charge in [0.1, 0.15) is 0 Å². The summed E-state index contributed by atoms with van der Waals surface area (Å²) in [5.41, 5.74) is 3.40. The SMILES string of the molecule is C=CCn1c(-c2ccccc2)c(OC(=O)c2ccccc2)c2ccccc21. The second-order valence-electron chi connectivity index (χ2n) is 6.22. The Morgan fingerprint density at radius 3 is 2.22 bits per heavy atom. The minimum Gasteiger partial charge on any atom is -0.420 e. The predicted molar refractivity (Wildman–Crippen MR) is 109 cm³/mol. The van der Waals surface area contributed by atoms with Gasteiger partial charge < -0.3 is 9.30 Å². The van der Waals surface area contributed by atoms with Crippen molar-refractivity contribution in [3.8, 4) is 17.0 Å². The summed E-state index contributed by atoms with van der Waals surface area (Å²) in [5, 5.41) is 0.905. The lowest BCUT2D eigenvalue weighted by Gasteiger charge is -2.11. The van der Waals surface area contributed by atoms with Crippen molar-refractivity contribution < 1.29 is 9.53 Å². The molecule has 0 bridgehead atoms. The number of esters is 1. The number of hydrogen-bond acceptors (Lipinski definition) is 2. The number of fused-ring (bicyclic) bond motifs is 1. The zero-order valence-corrected chi connectivity index (χ0v) is 14.8. The molecule has 3 heteroatoms. The maximum absolute atomic E-state index is 12.8. The minimum absolute atomic E-state index is 0.366. The molecule has 4 aromatic rings. The second-order valence-corrected chi connectivity index (χ2v) is 6.22. The molecule has 3 nitrogen and oxygen atoms in total. The van der Waals surface area contributed by atoms with Gasteiger partial charge in [0, 0.05) is 17.5 Å². The van der Waals surface area contributed by atoms with Crippen molar-refractivity contribution in [2.24, 2.45) is 0 Å². The van der Waals surface area contributed by atoms with Crippen LogP contribution in [0.3, 0.4) is 0 Å². The number of aromatic nitrogens is 1. The number of benzene rings is 3. The highest BCUT2D eigenvalue weighted by atomic mass is 16.5. The highest BCUT2D eigenvalue weighted by Crippen LogP contribution is 2.40. The minimum atomic E-state index is -0.366. The van der Waals surface area contributed by atoms with E-state index >= 15 is 0 Å². The first kappa shape index (κ1) is 16.9. The number of nitrogens with zero attached hydrogens (tertiary/aromatic N) is 1. The molecular formula is C24H19NO2. The number of ether oxygens (including phenoxy) is 1. The number of carbonyl (C=O) groups is 1. The van der Waals surface area contributed by atoms with Gasteiger partial charge in [0.2, 0.25) is 0 Å². The number of carbonyl (C=O) groups excluding carboxylic acids is 1. The normalized spacial score (nSPS) is 10.7. The van der Waals surface area contributed by atoms with E-state index in [1.165, 1.54) is 0 Å². The van der Waals surface area contributed by atoms with E-state index in [0.29, 0.717) is 17.9 Å². The van der Waals surface area contributed by atoms with Gasteiger partial charge in [-0.05, 0) is 24.3 Å². The summed E-state index contributed by atoms with van der Waals surface area (Å²) in [4.78, 5) is 12.8. The molecule has 0 unspecified atom stereocenters. The molecule has 1 aromatic heterocycles. The molecule has 0 amide bonds. The van der Waals surface area contributed by atoms with Gasteiger partial charge in [0.15, 0.2) is 5.75 Å². The van der Waals surface area contributed by atoms with E-state index in [0.717, 1.165) is 22.2 Å². The fraction of sp³-hybridized carbons (Fsp3) is 0.0417. The lowest BCUT2D eigenvalue weighted by atomic mass is 10.1. The molecule has 132 valence electrons. The van der Waals surface area contributed by atoms with E-state index in [4.69, 9.17) is 4.74 Å². The lowest BCUT2D eigenvalue weighted by molar-refractivity contribution is 0.0737. The first-order chi connectivity index (χ1) is 13.3. The molecule has 0 fully saturated rings. The molecule has 4 rings (SSSR count). The van der Waals surface area contributed by atoms with Crippen molar-refractivity contribution in [2.45, 2.75) is 6.54 Å². The number of para-hydroxylation sites is 1. The summed E-state index contributed by atoms with van der Waals surface area (Å²) in [7, 11) is 0. The molecule has 0 aliphatic heterocycles. The average molecular weight is 353 g/mol. The second kappa shape index (κ2) is 7.34.